The Morgan fingerprint density at radius 2 is 2.00 bits per heavy atom. The van der Waals surface area contributed by atoms with Crippen molar-refractivity contribution < 1.29 is 0 Å². The van der Waals surface area contributed by atoms with E-state index in [1.54, 1.807) is 18.6 Å². The Balaban J connectivity index is 2.90. The van der Waals surface area contributed by atoms with Crippen molar-refractivity contribution in [3.8, 4) is 0 Å². The van der Waals surface area contributed by atoms with Crippen LogP contribution in [0.1, 0.15) is 0 Å². The summed E-state index contributed by atoms with van der Waals surface area (Å²) >= 11 is 0. The lowest BCUT2D eigenvalue weighted by Crippen LogP contribution is -2.20. The van der Waals surface area contributed by atoms with E-state index in [2.05, 4.69) is 22.7 Å². The van der Waals surface area contributed by atoms with Gasteiger partial charge in [-0.1, -0.05) is 6.58 Å². The van der Waals surface area contributed by atoms with Gasteiger partial charge in [0.05, 0.1) is 0 Å². The average Bonchev–Trinajstić information content (AvgIpc) is 1.81. The van der Waals surface area contributed by atoms with E-state index in [0.717, 1.165) is 0 Å². The van der Waals surface area contributed by atoms with Crippen molar-refractivity contribution in [3.05, 3.63) is 25.2 Å². The highest BCUT2D eigenvalue weighted by atomic mass is 15.3. The van der Waals surface area contributed by atoms with Crippen molar-refractivity contribution in [2.45, 2.75) is 0 Å². The van der Waals surface area contributed by atoms with E-state index in [-0.39, 0.29) is 0 Å². The maximum Gasteiger partial charge on any atom is 0.0334 e. The summed E-state index contributed by atoms with van der Waals surface area (Å²) in [6, 6.07) is 0. The predicted molar refractivity (Wildman–Crippen MR) is 34.7 cm³/mol. The summed E-state index contributed by atoms with van der Waals surface area (Å²) in [6.07, 6.45) is 5.04. The lowest BCUT2D eigenvalue weighted by Gasteiger charge is -1.94. The van der Waals surface area contributed by atoms with Crippen LogP contribution in [0.15, 0.2) is 25.2 Å². The summed E-state index contributed by atoms with van der Waals surface area (Å²) in [6.45, 7) is 3.43. The number of hydrogen-bond acceptors (Lipinski definition) is 3. The zero-order valence-corrected chi connectivity index (χ0v) is 4.94. The van der Waals surface area contributed by atoms with Crippen LogP contribution in [0.4, 0.5) is 0 Å². The van der Waals surface area contributed by atoms with Crippen LogP contribution in [0.5, 0.6) is 0 Å². The van der Waals surface area contributed by atoms with E-state index in [4.69, 9.17) is 0 Å². The smallest absolute Gasteiger partial charge is 0.0334 e. The second-order valence-corrected chi connectivity index (χ2v) is 1.11. The normalized spacial score (nSPS) is 8.62. The molecule has 0 unspecified atom stereocenters. The van der Waals surface area contributed by atoms with Crippen molar-refractivity contribution in [2.24, 2.45) is 0 Å². The zero-order valence-electron chi connectivity index (χ0n) is 4.94. The molecule has 0 bridgehead atoms. The summed E-state index contributed by atoms with van der Waals surface area (Å²) in [5.41, 5.74) is 5.40. The summed E-state index contributed by atoms with van der Waals surface area (Å²) in [5.74, 6) is 0. The minimum Gasteiger partial charge on any atom is -0.393 e. The highest BCUT2D eigenvalue weighted by Crippen LogP contribution is 1.52. The molecule has 0 amide bonds. The maximum absolute atomic E-state index is 3.43. The average molecular weight is 113 g/mol. The van der Waals surface area contributed by atoms with Gasteiger partial charge in [-0.3, -0.25) is 0 Å². The summed E-state index contributed by atoms with van der Waals surface area (Å²) in [5, 5.41) is 2.81. The van der Waals surface area contributed by atoms with Gasteiger partial charge in [0.25, 0.3) is 0 Å². The van der Waals surface area contributed by atoms with Gasteiger partial charge in [0.1, 0.15) is 0 Å². The Bertz CT molecular complexity index is 77.7. The number of hydrogen-bond donors (Lipinski definition) is 3. The Kier molecular flexibility index (Phi) is 5.06. The molecule has 46 valence electrons. The third kappa shape index (κ3) is 4.88. The van der Waals surface area contributed by atoms with Crippen molar-refractivity contribution in [1.82, 2.24) is 16.2 Å². The predicted octanol–water partition coefficient (Wildman–Crippen LogP) is -0.0853. The first kappa shape index (κ1) is 6.88. The Hall–Kier alpha value is -1.12. The first-order valence-corrected chi connectivity index (χ1v) is 2.36. The quantitative estimate of drug-likeness (QED) is 0.352. The molecule has 0 rings (SSSR count). The third-order valence-electron chi connectivity index (χ3n) is 0.519. The molecule has 3 nitrogen and oxygen atoms in total. The van der Waals surface area contributed by atoms with E-state index < -0.39 is 0 Å². The Morgan fingerprint density at radius 1 is 1.25 bits per heavy atom. The minimum atomic E-state index is 1.56. The van der Waals surface area contributed by atoms with Gasteiger partial charge < -0.3 is 16.2 Å². The topological polar surface area (TPSA) is 36.1 Å². The van der Waals surface area contributed by atoms with Crippen molar-refractivity contribution in [1.29, 1.82) is 0 Å². The van der Waals surface area contributed by atoms with Crippen molar-refractivity contribution in [2.75, 3.05) is 7.05 Å². The molecule has 0 aromatic rings. The standard InChI is InChI=1S/C5H11N3/c1-3-7-8-5-4-6-2/h3-8H,1H2,2H3/b5-4-. The van der Waals surface area contributed by atoms with Crippen LogP contribution in [0, 0.1) is 0 Å². The molecule has 3 N–H and O–H groups in total. The van der Waals surface area contributed by atoms with E-state index in [9.17, 15) is 0 Å². The fourth-order valence-corrected chi connectivity index (χ4v) is 0.232. The minimum absolute atomic E-state index is 1.56. The third-order valence-corrected chi connectivity index (χ3v) is 0.519. The lowest BCUT2D eigenvalue weighted by molar-refractivity contribution is 0.773. The van der Waals surface area contributed by atoms with Crippen LogP contribution in [0.25, 0.3) is 0 Å². The molecule has 0 aromatic carbocycles. The van der Waals surface area contributed by atoms with Crippen molar-refractivity contribution in [3.63, 3.8) is 0 Å². The summed E-state index contributed by atoms with van der Waals surface area (Å²) < 4.78 is 0. The van der Waals surface area contributed by atoms with Gasteiger partial charge in [-0.05, 0) is 0 Å². The molecule has 0 aliphatic heterocycles. The summed E-state index contributed by atoms with van der Waals surface area (Å²) in [7, 11) is 1.83. The Morgan fingerprint density at radius 3 is 2.50 bits per heavy atom. The monoisotopic (exact) mass is 113 g/mol. The largest absolute Gasteiger partial charge is 0.393 e. The van der Waals surface area contributed by atoms with Gasteiger partial charge >= 0.3 is 0 Å². The molecule has 8 heavy (non-hydrogen) atoms. The first-order chi connectivity index (χ1) is 3.91. The van der Waals surface area contributed by atoms with E-state index in [1.165, 1.54) is 0 Å². The second-order valence-electron chi connectivity index (χ2n) is 1.11. The van der Waals surface area contributed by atoms with Gasteiger partial charge in [0.2, 0.25) is 0 Å². The van der Waals surface area contributed by atoms with Crippen LogP contribution in [0.2, 0.25) is 0 Å². The van der Waals surface area contributed by atoms with E-state index in [1.807, 2.05) is 7.05 Å². The molecule has 0 atom stereocenters. The maximum atomic E-state index is 3.43. The fraction of sp³-hybridized carbons (Fsp3) is 0.200. The van der Waals surface area contributed by atoms with Crippen LogP contribution in [-0.2, 0) is 0 Å². The van der Waals surface area contributed by atoms with Crippen LogP contribution in [-0.4, -0.2) is 7.05 Å². The molecule has 0 aliphatic carbocycles. The van der Waals surface area contributed by atoms with Crippen molar-refractivity contribution >= 4 is 0 Å². The van der Waals surface area contributed by atoms with E-state index >= 15 is 0 Å². The highest BCUT2D eigenvalue weighted by molar-refractivity contribution is 4.74. The zero-order chi connectivity index (χ0) is 6.24. The second kappa shape index (κ2) is 5.88. The molecule has 0 radical (unpaired) electrons. The molecule has 0 saturated carbocycles. The fourth-order valence-electron chi connectivity index (χ4n) is 0.232. The molecular weight excluding hydrogens is 102 g/mol. The van der Waals surface area contributed by atoms with Crippen LogP contribution >= 0.6 is 0 Å². The molecule has 0 saturated heterocycles. The van der Waals surface area contributed by atoms with Gasteiger partial charge in [-0.2, -0.15) is 0 Å². The Labute approximate surface area is 49.4 Å². The number of rotatable bonds is 4. The molecule has 0 fully saturated rings. The highest BCUT2D eigenvalue weighted by Gasteiger charge is 1.60. The molecule has 0 spiro atoms. The van der Waals surface area contributed by atoms with Gasteiger partial charge in [0.15, 0.2) is 0 Å². The molecule has 0 heterocycles. The number of nitrogens with one attached hydrogen (secondary N) is 3. The SMILES string of the molecule is C=CNN/C=C\NC. The molecule has 3 heteroatoms. The molecular formula is C5H11N3. The summed E-state index contributed by atoms with van der Waals surface area (Å²) in [4.78, 5) is 0. The molecule has 0 aromatic heterocycles. The number of hydrazine groups is 1. The van der Waals surface area contributed by atoms with Gasteiger partial charge in [0, 0.05) is 25.6 Å². The first-order valence-electron chi connectivity index (χ1n) is 2.36. The van der Waals surface area contributed by atoms with Gasteiger partial charge in [-0.15, -0.1) is 0 Å². The lowest BCUT2D eigenvalue weighted by atomic mass is 10.9. The van der Waals surface area contributed by atoms with Gasteiger partial charge in [-0.25, -0.2) is 0 Å². The van der Waals surface area contributed by atoms with Crippen LogP contribution < -0.4 is 16.2 Å². The van der Waals surface area contributed by atoms with Crippen LogP contribution in [0.3, 0.4) is 0 Å². The molecule has 0 aliphatic rings. The van der Waals surface area contributed by atoms with E-state index in [0.29, 0.717) is 0 Å².